The van der Waals surface area contributed by atoms with Crippen LogP contribution in [-0.4, -0.2) is 36.0 Å². The molecule has 1 saturated heterocycles. The van der Waals surface area contributed by atoms with Crippen molar-refractivity contribution in [3.8, 4) is 5.75 Å². The SMILES string of the molecule is Cc1ccc(OCc2nc(C3CCN(S(=O)(=O)Cc4ccccc4F)C3)no2)cc1. The fourth-order valence-electron chi connectivity index (χ4n) is 3.37. The second-order valence-corrected chi connectivity index (χ2v) is 9.31. The Morgan fingerprint density at radius 2 is 1.97 bits per heavy atom. The molecule has 1 atom stereocenters. The van der Waals surface area contributed by atoms with Gasteiger partial charge in [-0.25, -0.2) is 17.1 Å². The highest BCUT2D eigenvalue weighted by molar-refractivity contribution is 7.88. The van der Waals surface area contributed by atoms with Gasteiger partial charge in [-0.15, -0.1) is 0 Å². The Morgan fingerprint density at radius 3 is 2.73 bits per heavy atom. The average Bonchev–Trinajstić information content (AvgIpc) is 3.39. The number of ether oxygens (including phenoxy) is 1. The lowest BCUT2D eigenvalue weighted by molar-refractivity contribution is 0.242. The minimum atomic E-state index is -3.64. The lowest BCUT2D eigenvalue weighted by Crippen LogP contribution is -2.30. The summed E-state index contributed by atoms with van der Waals surface area (Å²) < 4.78 is 51.5. The summed E-state index contributed by atoms with van der Waals surface area (Å²) >= 11 is 0. The molecule has 0 spiro atoms. The number of hydrogen-bond donors (Lipinski definition) is 0. The molecule has 158 valence electrons. The molecular formula is C21H22FN3O4S. The normalized spacial score (nSPS) is 17.3. The topological polar surface area (TPSA) is 85.5 Å². The molecule has 0 aliphatic carbocycles. The van der Waals surface area contributed by atoms with Crippen molar-refractivity contribution < 1.29 is 22.1 Å². The smallest absolute Gasteiger partial charge is 0.264 e. The molecule has 2 aromatic carbocycles. The van der Waals surface area contributed by atoms with E-state index in [4.69, 9.17) is 9.26 Å². The first-order valence-corrected chi connectivity index (χ1v) is 11.2. The number of halogens is 1. The number of rotatable bonds is 7. The summed E-state index contributed by atoms with van der Waals surface area (Å²) in [4.78, 5) is 4.36. The Balaban J connectivity index is 1.36. The van der Waals surface area contributed by atoms with Crippen LogP contribution in [0.25, 0.3) is 0 Å². The number of sulfonamides is 1. The summed E-state index contributed by atoms with van der Waals surface area (Å²) in [6.45, 7) is 2.72. The number of aryl methyl sites for hydroxylation is 1. The van der Waals surface area contributed by atoms with Gasteiger partial charge < -0.3 is 9.26 Å². The Kier molecular flexibility index (Phi) is 5.83. The maximum Gasteiger partial charge on any atom is 0.264 e. The van der Waals surface area contributed by atoms with E-state index in [1.54, 1.807) is 6.07 Å². The lowest BCUT2D eigenvalue weighted by Gasteiger charge is -2.16. The van der Waals surface area contributed by atoms with Crippen molar-refractivity contribution in [1.29, 1.82) is 0 Å². The molecule has 1 aliphatic rings. The zero-order chi connectivity index (χ0) is 21.1. The largest absolute Gasteiger partial charge is 0.484 e. The molecule has 1 unspecified atom stereocenters. The molecule has 0 radical (unpaired) electrons. The van der Waals surface area contributed by atoms with Gasteiger partial charge in [-0.2, -0.15) is 4.98 Å². The van der Waals surface area contributed by atoms with E-state index in [2.05, 4.69) is 10.1 Å². The van der Waals surface area contributed by atoms with Gasteiger partial charge in [0.25, 0.3) is 5.89 Å². The van der Waals surface area contributed by atoms with E-state index < -0.39 is 15.8 Å². The van der Waals surface area contributed by atoms with E-state index in [9.17, 15) is 12.8 Å². The van der Waals surface area contributed by atoms with E-state index >= 15 is 0 Å². The quantitative estimate of drug-likeness (QED) is 0.570. The average molecular weight is 431 g/mol. The summed E-state index contributed by atoms with van der Waals surface area (Å²) in [5.41, 5.74) is 1.30. The molecule has 0 N–H and O–H groups in total. The second-order valence-electron chi connectivity index (χ2n) is 7.34. The van der Waals surface area contributed by atoms with Gasteiger partial charge in [0.2, 0.25) is 10.0 Å². The first-order valence-electron chi connectivity index (χ1n) is 9.64. The van der Waals surface area contributed by atoms with E-state index in [0.29, 0.717) is 30.4 Å². The predicted molar refractivity (Wildman–Crippen MR) is 108 cm³/mol. The molecule has 4 rings (SSSR count). The molecule has 7 nitrogen and oxygen atoms in total. The van der Waals surface area contributed by atoms with E-state index in [1.165, 1.54) is 22.5 Å². The molecule has 9 heteroatoms. The Hall–Kier alpha value is -2.78. The highest BCUT2D eigenvalue weighted by Crippen LogP contribution is 2.28. The van der Waals surface area contributed by atoms with Crippen molar-refractivity contribution in [2.45, 2.75) is 31.6 Å². The number of benzene rings is 2. The van der Waals surface area contributed by atoms with Crippen molar-refractivity contribution in [2.24, 2.45) is 0 Å². The Morgan fingerprint density at radius 1 is 1.20 bits per heavy atom. The number of aromatic nitrogens is 2. The lowest BCUT2D eigenvalue weighted by atomic mass is 10.1. The van der Waals surface area contributed by atoms with Gasteiger partial charge in [0.05, 0.1) is 5.75 Å². The van der Waals surface area contributed by atoms with Gasteiger partial charge in [-0.1, -0.05) is 41.1 Å². The van der Waals surface area contributed by atoms with Gasteiger partial charge in [-0.05, 0) is 31.5 Å². The molecule has 1 aromatic heterocycles. The van der Waals surface area contributed by atoms with Crippen molar-refractivity contribution in [3.63, 3.8) is 0 Å². The molecule has 30 heavy (non-hydrogen) atoms. The number of hydrogen-bond acceptors (Lipinski definition) is 6. The van der Waals surface area contributed by atoms with Gasteiger partial charge >= 0.3 is 0 Å². The monoisotopic (exact) mass is 431 g/mol. The van der Waals surface area contributed by atoms with Gasteiger partial charge in [0.15, 0.2) is 12.4 Å². The summed E-state index contributed by atoms with van der Waals surface area (Å²) in [5.74, 6) is 0.435. The zero-order valence-corrected chi connectivity index (χ0v) is 17.3. The van der Waals surface area contributed by atoms with Crippen LogP contribution in [0.2, 0.25) is 0 Å². The van der Waals surface area contributed by atoms with Gasteiger partial charge in [0, 0.05) is 24.6 Å². The molecule has 1 fully saturated rings. The van der Waals surface area contributed by atoms with Crippen molar-refractivity contribution in [2.75, 3.05) is 13.1 Å². The first kappa shape index (κ1) is 20.5. The molecule has 2 heterocycles. The van der Waals surface area contributed by atoms with Crippen LogP contribution in [0.4, 0.5) is 4.39 Å². The van der Waals surface area contributed by atoms with Crippen LogP contribution in [0.5, 0.6) is 5.75 Å². The van der Waals surface area contributed by atoms with Crippen molar-refractivity contribution in [1.82, 2.24) is 14.4 Å². The molecular weight excluding hydrogens is 409 g/mol. The minimum Gasteiger partial charge on any atom is -0.484 e. The highest BCUT2D eigenvalue weighted by Gasteiger charge is 2.34. The van der Waals surface area contributed by atoms with Crippen LogP contribution in [0.1, 0.15) is 35.2 Å². The third-order valence-electron chi connectivity index (χ3n) is 5.07. The second kappa shape index (κ2) is 8.53. The van der Waals surface area contributed by atoms with Crippen LogP contribution in [0.15, 0.2) is 53.1 Å². The van der Waals surface area contributed by atoms with Crippen molar-refractivity contribution >= 4 is 10.0 Å². The predicted octanol–water partition coefficient (Wildman–Crippen LogP) is 3.42. The summed E-state index contributed by atoms with van der Waals surface area (Å²) in [7, 11) is -3.64. The molecule has 3 aromatic rings. The third-order valence-corrected chi connectivity index (χ3v) is 6.87. The maximum atomic E-state index is 13.8. The van der Waals surface area contributed by atoms with Crippen LogP contribution < -0.4 is 4.74 Å². The fourth-order valence-corrected chi connectivity index (χ4v) is 4.97. The third kappa shape index (κ3) is 4.68. The fraction of sp³-hybridized carbons (Fsp3) is 0.333. The summed E-state index contributed by atoms with van der Waals surface area (Å²) in [5, 5.41) is 3.99. The highest BCUT2D eigenvalue weighted by atomic mass is 32.2. The van der Waals surface area contributed by atoms with Crippen LogP contribution in [0.3, 0.4) is 0 Å². The van der Waals surface area contributed by atoms with Crippen molar-refractivity contribution in [3.05, 3.63) is 77.2 Å². The zero-order valence-electron chi connectivity index (χ0n) is 16.5. The van der Waals surface area contributed by atoms with E-state index in [0.717, 1.165) is 5.56 Å². The standard InChI is InChI=1S/C21H22FN3O4S/c1-15-6-8-18(9-7-15)28-13-20-23-21(24-29-20)16-10-11-25(12-16)30(26,27)14-17-4-2-3-5-19(17)22/h2-9,16H,10-14H2,1H3. The molecule has 1 aliphatic heterocycles. The minimum absolute atomic E-state index is 0.137. The maximum absolute atomic E-state index is 13.8. The van der Waals surface area contributed by atoms with Crippen LogP contribution in [0, 0.1) is 12.7 Å². The van der Waals surface area contributed by atoms with E-state index in [1.807, 2.05) is 31.2 Å². The summed E-state index contributed by atoms with van der Waals surface area (Å²) in [6.07, 6.45) is 0.578. The summed E-state index contributed by atoms with van der Waals surface area (Å²) in [6, 6.07) is 13.5. The van der Waals surface area contributed by atoms with Gasteiger partial charge in [-0.3, -0.25) is 0 Å². The number of nitrogens with zero attached hydrogens (tertiary/aromatic N) is 3. The first-order chi connectivity index (χ1) is 14.4. The van der Waals surface area contributed by atoms with E-state index in [-0.39, 0.29) is 30.4 Å². The Bertz CT molecular complexity index is 1120. The van der Waals surface area contributed by atoms with Crippen LogP contribution in [-0.2, 0) is 22.4 Å². The molecule has 0 saturated carbocycles. The molecule has 0 bridgehead atoms. The van der Waals surface area contributed by atoms with Gasteiger partial charge in [0.1, 0.15) is 11.6 Å². The van der Waals surface area contributed by atoms with Crippen LogP contribution >= 0.6 is 0 Å². The molecule has 0 amide bonds. The Labute approximate surface area is 174 Å².